The summed E-state index contributed by atoms with van der Waals surface area (Å²) in [5.74, 6) is 0.306. The average molecular weight is 235 g/mol. The first-order chi connectivity index (χ1) is 8.31. The van der Waals surface area contributed by atoms with Gasteiger partial charge >= 0.3 is 0 Å². The number of methoxy groups -OCH3 is 1. The fourth-order valence-electron chi connectivity index (χ4n) is 1.49. The molecule has 5 heteroatoms. The van der Waals surface area contributed by atoms with E-state index in [1.807, 2.05) is 10.8 Å². The summed E-state index contributed by atoms with van der Waals surface area (Å²) in [7, 11) is 1.64. The quantitative estimate of drug-likeness (QED) is 0.865. The monoisotopic (exact) mass is 235 g/mol. The van der Waals surface area contributed by atoms with Gasteiger partial charge in [-0.15, -0.1) is 0 Å². The van der Waals surface area contributed by atoms with Crippen molar-refractivity contribution in [2.45, 2.75) is 6.54 Å². The molecule has 0 bridgehead atoms. The largest absolute Gasteiger partial charge is 0.383 e. The van der Waals surface area contributed by atoms with E-state index in [-0.39, 0.29) is 5.82 Å². The van der Waals surface area contributed by atoms with Gasteiger partial charge in [0.05, 0.1) is 12.3 Å². The molecule has 0 atom stereocenters. The van der Waals surface area contributed by atoms with Crippen LogP contribution in [0.2, 0.25) is 0 Å². The number of aromatic nitrogens is 2. The van der Waals surface area contributed by atoms with E-state index in [9.17, 15) is 4.39 Å². The minimum absolute atomic E-state index is 0.297. The Bertz CT molecular complexity index is 484. The third kappa shape index (κ3) is 2.82. The Balaban J connectivity index is 2.13. The van der Waals surface area contributed by atoms with E-state index in [1.165, 1.54) is 6.07 Å². The number of ether oxygens (including phenoxy) is 1. The van der Waals surface area contributed by atoms with E-state index in [0.29, 0.717) is 24.8 Å². The summed E-state index contributed by atoms with van der Waals surface area (Å²) in [5.41, 5.74) is 0.414. The molecule has 0 spiro atoms. The van der Waals surface area contributed by atoms with Crippen LogP contribution in [-0.2, 0) is 11.3 Å². The molecule has 2 rings (SSSR count). The van der Waals surface area contributed by atoms with Gasteiger partial charge in [-0.05, 0) is 12.1 Å². The van der Waals surface area contributed by atoms with Crippen LogP contribution in [0.25, 0.3) is 0 Å². The van der Waals surface area contributed by atoms with Crippen LogP contribution >= 0.6 is 0 Å². The van der Waals surface area contributed by atoms with Crippen LogP contribution in [0.1, 0.15) is 0 Å². The molecule has 0 amide bonds. The van der Waals surface area contributed by atoms with E-state index in [1.54, 1.807) is 31.5 Å². The summed E-state index contributed by atoms with van der Waals surface area (Å²) in [5, 5.41) is 2.95. The summed E-state index contributed by atoms with van der Waals surface area (Å²) in [4.78, 5) is 4.14. The van der Waals surface area contributed by atoms with Gasteiger partial charge in [0.25, 0.3) is 0 Å². The first kappa shape index (κ1) is 11.6. The van der Waals surface area contributed by atoms with Crippen LogP contribution in [0.5, 0.6) is 0 Å². The number of hydrogen-bond acceptors (Lipinski definition) is 3. The molecule has 4 nitrogen and oxygen atoms in total. The van der Waals surface area contributed by atoms with Crippen LogP contribution in [0.3, 0.4) is 0 Å². The van der Waals surface area contributed by atoms with Crippen molar-refractivity contribution in [1.82, 2.24) is 9.55 Å². The molecule has 1 aromatic carbocycles. The smallest absolute Gasteiger partial charge is 0.207 e. The van der Waals surface area contributed by atoms with Gasteiger partial charge in [0.1, 0.15) is 5.82 Å². The molecule has 0 saturated carbocycles. The minimum Gasteiger partial charge on any atom is -0.383 e. The lowest BCUT2D eigenvalue weighted by Gasteiger charge is -2.09. The Morgan fingerprint density at radius 3 is 3.00 bits per heavy atom. The van der Waals surface area contributed by atoms with Gasteiger partial charge in [0, 0.05) is 26.0 Å². The van der Waals surface area contributed by atoms with Crippen LogP contribution in [0, 0.1) is 5.82 Å². The lowest BCUT2D eigenvalue weighted by atomic mass is 10.3. The number of anilines is 2. The number of benzene rings is 1. The fraction of sp³-hybridized carbons (Fsp3) is 0.250. The highest BCUT2D eigenvalue weighted by Crippen LogP contribution is 2.17. The van der Waals surface area contributed by atoms with Gasteiger partial charge in [-0.3, -0.25) is 0 Å². The normalized spacial score (nSPS) is 10.5. The van der Waals surface area contributed by atoms with Crippen molar-refractivity contribution in [2.24, 2.45) is 0 Å². The van der Waals surface area contributed by atoms with Crippen LogP contribution < -0.4 is 5.32 Å². The number of hydrogen-bond donors (Lipinski definition) is 1. The van der Waals surface area contributed by atoms with Crippen LogP contribution in [0.4, 0.5) is 16.0 Å². The lowest BCUT2D eigenvalue weighted by Crippen LogP contribution is -2.07. The van der Waals surface area contributed by atoms with Gasteiger partial charge in [0.2, 0.25) is 5.95 Å². The predicted octanol–water partition coefficient (Wildman–Crippen LogP) is 2.41. The molecule has 0 unspecified atom stereocenters. The number of para-hydroxylation sites is 1. The summed E-state index contributed by atoms with van der Waals surface area (Å²) in [6, 6.07) is 6.50. The average Bonchev–Trinajstić information content (AvgIpc) is 2.77. The Hall–Kier alpha value is -1.88. The predicted molar refractivity (Wildman–Crippen MR) is 63.8 cm³/mol. The third-order valence-corrected chi connectivity index (χ3v) is 2.37. The number of nitrogens with zero attached hydrogens (tertiary/aromatic N) is 2. The lowest BCUT2D eigenvalue weighted by molar-refractivity contribution is 0.188. The Kier molecular flexibility index (Phi) is 3.72. The first-order valence-corrected chi connectivity index (χ1v) is 5.33. The second-order valence-corrected chi connectivity index (χ2v) is 3.54. The van der Waals surface area contributed by atoms with E-state index in [2.05, 4.69) is 10.3 Å². The maximum absolute atomic E-state index is 13.4. The van der Waals surface area contributed by atoms with Crippen molar-refractivity contribution in [1.29, 1.82) is 0 Å². The van der Waals surface area contributed by atoms with Crippen LogP contribution in [-0.4, -0.2) is 23.3 Å². The van der Waals surface area contributed by atoms with E-state index in [4.69, 9.17) is 4.74 Å². The Morgan fingerprint density at radius 2 is 2.24 bits per heavy atom. The molecule has 0 aliphatic heterocycles. The van der Waals surface area contributed by atoms with Crippen molar-refractivity contribution in [2.75, 3.05) is 19.0 Å². The molecule has 90 valence electrons. The maximum Gasteiger partial charge on any atom is 0.207 e. The molecule has 0 saturated heterocycles. The topological polar surface area (TPSA) is 39.1 Å². The summed E-state index contributed by atoms with van der Waals surface area (Å²) < 4.78 is 20.3. The zero-order valence-electron chi connectivity index (χ0n) is 9.56. The number of halogens is 1. The van der Waals surface area contributed by atoms with Crippen molar-refractivity contribution in [3.8, 4) is 0 Å². The Morgan fingerprint density at radius 1 is 1.41 bits per heavy atom. The Labute approximate surface area is 99.1 Å². The number of nitrogens with one attached hydrogen (secondary N) is 1. The molecular formula is C12H14FN3O. The van der Waals surface area contributed by atoms with Crippen molar-refractivity contribution in [3.05, 3.63) is 42.5 Å². The van der Waals surface area contributed by atoms with E-state index >= 15 is 0 Å². The summed E-state index contributed by atoms with van der Waals surface area (Å²) >= 11 is 0. The van der Waals surface area contributed by atoms with Gasteiger partial charge < -0.3 is 14.6 Å². The van der Waals surface area contributed by atoms with E-state index in [0.717, 1.165) is 0 Å². The third-order valence-electron chi connectivity index (χ3n) is 2.37. The van der Waals surface area contributed by atoms with Gasteiger partial charge in [-0.1, -0.05) is 12.1 Å². The molecular weight excluding hydrogens is 221 g/mol. The van der Waals surface area contributed by atoms with Crippen molar-refractivity contribution < 1.29 is 9.13 Å². The first-order valence-electron chi connectivity index (χ1n) is 5.33. The molecule has 0 aliphatic rings. The molecule has 1 aromatic heterocycles. The summed E-state index contributed by atoms with van der Waals surface area (Å²) in [6.45, 7) is 1.26. The summed E-state index contributed by atoms with van der Waals surface area (Å²) in [6.07, 6.45) is 3.49. The minimum atomic E-state index is -0.297. The second kappa shape index (κ2) is 5.45. The highest BCUT2D eigenvalue weighted by atomic mass is 19.1. The highest BCUT2D eigenvalue weighted by Gasteiger charge is 2.05. The molecule has 2 aromatic rings. The van der Waals surface area contributed by atoms with Crippen LogP contribution in [0.15, 0.2) is 36.7 Å². The molecule has 0 aliphatic carbocycles. The molecule has 0 radical (unpaired) electrons. The fourth-order valence-corrected chi connectivity index (χ4v) is 1.49. The van der Waals surface area contributed by atoms with Crippen molar-refractivity contribution in [3.63, 3.8) is 0 Å². The van der Waals surface area contributed by atoms with Gasteiger partial charge in [0.15, 0.2) is 0 Å². The molecule has 17 heavy (non-hydrogen) atoms. The van der Waals surface area contributed by atoms with E-state index < -0.39 is 0 Å². The molecule has 0 fully saturated rings. The van der Waals surface area contributed by atoms with Crippen molar-refractivity contribution >= 4 is 11.6 Å². The number of imidazole rings is 1. The maximum atomic E-state index is 13.4. The van der Waals surface area contributed by atoms with Gasteiger partial charge in [-0.25, -0.2) is 9.37 Å². The zero-order chi connectivity index (χ0) is 12.1. The SMILES string of the molecule is COCCn1ccnc1Nc1ccccc1F. The number of rotatable bonds is 5. The second-order valence-electron chi connectivity index (χ2n) is 3.54. The highest BCUT2D eigenvalue weighted by molar-refractivity contribution is 5.54. The molecule has 1 heterocycles. The standard InChI is InChI=1S/C12H14FN3O/c1-17-9-8-16-7-6-14-12(16)15-11-5-3-2-4-10(11)13/h2-7H,8-9H2,1H3,(H,14,15). The molecule has 1 N–H and O–H groups in total. The van der Waals surface area contributed by atoms with Gasteiger partial charge in [-0.2, -0.15) is 0 Å². The zero-order valence-corrected chi connectivity index (χ0v) is 9.56.